The molecule has 2 aliphatic rings. The van der Waals surface area contributed by atoms with Crippen LogP contribution in [0, 0.1) is 5.92 Å². The average Bonchev–Trinajstić information content (AvgIpc) is 3.06. The highest BCUT2D eigenvalue weighted by molar-refractivity contribution is 5.96. The molecule has 2 N–H and O–H groups in total. The lowest BCUT2D eigenvalue weighted by Gasteiger charge is -2.33. The quantitative estimate of drug-likeness (QED) is 0.801. The third kappa shape index (κ3) is 5.68. The topological polar surface area (TPSA) is 73.9 Å². The van der Waals surface area contributed by atoms with Gasteiger partial charge in [-0.15, -0.1) is 0 Å². The fourth-order valence-corrected chi connectivity index (χ4v) is 3.64. The fourth-order valence-electron chi connectivity index (χ4n) is 3.64. The Bertz CT molecular complexity index is 664. The number of morpholine rings is 1. The van der Waals surface area contributed by atoms with Gasteiger partial charge in [-0.05, 0) is 30.5 Å². The van der Waals surface area contributed by atoms with Crippen molar-refractivity contribution in [3.8, 4) is 0 Å². The SMILES string of the molecule is CC(C)CN1CCOC(CNC(=O)Nc2cccc(N3CCCC3=O)c2)C1. The molecule has 148 valence electrons. The number of carbonyl (C=O) groups is 2. The lowest BCUT2D eigenvalue weighted by molar-refractivity contribution is -0.117. The van der Waals surface area contributed by atoms with Gasteiger partial charge in [0.1, 0.15) is 0 Å². The summed E-state index contributed by atoms with van der Waals surface area (Å²) in [7, 11) is 0. The third-order valence-electron chi connectivity index (χ3n) is 4.83. The van der Waals surface area contributed by atoms with E-state index in [9.17, 15) is 9.59 Å². The summed E-state index contributed by atoms with van der Waals surface area (Å²) in [5.41, 5.74) is 1.51. The minimum Gasteiger partial charge on any atom is -0.374 e. The summed E-state index contributed by atoms with van der Waals surface area (Å²) >= 11 is 0. The molecular weight excluding hydrogens is 344 g/mol. The maximum atomic E-state index is 12.2. The van der Waals surface area contributed by atoms with Crippen molar-refractivity contribution in [2.45, 2.75) is 32.8 Å². The number of anilines is 2. The van der Waals surface area contributed by atoms with Gasteiger partial charge >= 0.3 is 6.03 Å². The summed E-state index contributed by atoms with van der Waals surface area (Å²) in [5, 5.41) is 5.74. The first kappa shape index (κ1) is 19.6. The molecular formula is C20H30N4O3. The second-order valence-corrected chi connectivity index (χ2v) is 7.68. The lowest BCUT2D eigenvalue weighted by atomic mass is 10.2. The second kappa shape index (κ2) is 9.19. The predicted octanol–water partition coefficient (Wildman–Crippen LogP) is 2.29. The number of benzene rings is 1. The van der Waals surface area contributed by atoms with Gasteiger partial charge in [-0.25, -0.2) is 4.79 Å². The van der Waals surface area contributed by atoms with Crippen LogP contribution in [0.2, 0.25) is 0 Å². The number of urea groups is 1. The molecule has 7 heteroatoms. The lowest BCUT2D eigenvalue weighted by Crippen LogP contribution is -2.48. The summed E-state index contributed by atoms with van der Waals surface area (Å²) < 4.78 is 5.76. The molecule has 0 aliphatic carbocycles. The van der Waals surface area contributed by atoms with Crippen LogP contribution in [0.4, 0.5) is 16.2 Å². The predicted molar refractivity (Wildman–Crippen MR) is 106 cm³/mol. The van der Waals surface area contributed by atoms with Gasteiger partial charge in [0.05, 0.1) is 12.7 Å². The summed E-state index contributed by atoms with van der Waals surface area (Å²) in [5.74, 6) is 0.756. The number of amides is 3. The van der Waals surface area contributed by atoms with E-state index in [0.29, 0.717) is 31.2 Å². The van der Waals surface area contributed by atoms with Crippen LogP contribution in [0.1, 0.15) is 26.7 Å². The van der Waals surface area contributed by atoms with E-state index in [1.807, 2.05) is 24.3 Å². The Hall–Kier alpha value is -2.12. The van der Waals surface area contributed by atoms with E-state index in [-0.39, 0.29) is 18.0 Å². The van der Waals surface area contributed by atoms with Crippen molar-refractivity contribution in [2.75, 3.05) is 49.5 Å². The van der Waals surface area contributed by atoms with Crippen LogP contribution in [0.3, 0.4) is 0 Å². The van der Waals surface area contributed by atoms with Crippen molar-refractivity contribution >= 4 is 23.3 Å². The summed E-state index contributed by atoms with van der Waals surface area (Å²) in [6.07, 6.45) is 1.48. The molecule has 1 atom stereocenters. The van der Waals surface area contributed by atoms with E-state index < -0.39 is 0 Å². The Kier molecular flexibility index (Phi) is 6.68. The van der Waals surface area contributed by atoms with Crippen molar-refractivity contribution in [3.05, 3.63) is 24.3 Å². The molecule has 0 bridgehead atoms. The monoisotopic (exact) mass is 374 g/mol. The molecule has 0 aromatic heterocycles. The van der Waals surface area contributed by atoms with Gasteiger partial charge < -0.3 is 20.3 Å². The summed E-state index contributed by atoms with van der Waals surface area (Å²) in [6, 6.07) is 7.15. The third-order valence-corrected chi connectivity index (χ3v) is 4.83. The number of ether oxygens (including phenoxy) is 1. The normalized spacial score (nSPS) is 20.9. The zero-order chi connectivity index (χ0) is 19.2. The maximum absolute atomic E-state index is 12.2. The van der Waals surface area contributed by atoms with Gasteiger partial charge in [-0.3, -0.25) is 9.69 Å². The van der Waals surface area contributed by atoms with E-state index >= 15 is 0 Å². The van der Waals surface area contributed by atoms with Crippen LogP contribution >= 0.6 is 0 Å². The Morgan fingerprint density at radius 1 is 1.33 bits per heavy atom. The molecule has 1 unspecified atom stereocenters. The van der Waals surface area contributed by atoms with Crippen molar-refractivity contribution in [1.29, 1.82) is 0 Å². The maximum Gasteiger partial charge on any atom is 0.319 e. The van der Waals surface area contributed by atoms with Gasteiger partial charge in [0.25, 0.3) is 0 Å². The zero-order valence-electron chi connectivity index (χ0n) is 16.2. The first-order valence-electron chi connectivity index (χ1n) is 9.80. The first-order chi connectivity index (χ1) is 13.0. The minimum absolute atomic E-state index is 0.0109. The van der Waals surface area contributed by atoms with E-state index in [2.05, 4.69) is 29.4 Å². The van der Waals surface area contributed by atoms with Crippen LogP contribution in [0.15, 0.2) is 24.3 Å². The zero-order valence-corrected chi connectivity index (χ0v) is 16.2. The molecule has 0 saturated carbocycles. The largest absolute Gasteiger partial charge is 0.374 e. The summed E-state index contributed by atoms with van der Waals surface area (Å²) in [6.45, 7) is 9.17. The summed E-state index contributed by atoms with van der Waals surface area (Å²) in [4.78, 5) is 28.3. The fraction of sp³-hybridized carbons (Fsp3) is 0.600. The highest BCUT2D eigenvalue weighted by Crippen LogP contribution is 2.24. The van der Waals surface area contributed by atoms with E-state index in [1.165, 1.54) is 0 Å². The van der Waals surface area contributed by atoms with Crippen LogP contribution in [0.5, 0.6) is 0 Å². The minimum atomic E-state index is -0.260. The van der Waals surface area contributed by atoms with E-state index in [4.69, 9.17) is 4.74 Å². The van der Waals surface area contributed by atoms with Gasteiger partial charge in [-0.2, -0.15) is 0 Å². The molecule has 0 spiro atoms. The number of carbonyl (C=O) groups excluding carboxylic acids is 2. The molecule has 2 heterocycles. The van der Waals surface area contributed by atoms with Crippen molar-refractivity contribution in [2.24, 2.45) is 5.92 Å². The Balaban J connectivity index is 1.47. The molecule has 2 aliphatic heterocycles. The van der Waals surface area contributed by atoms with Crippen molar-refractivity contribution in [1.82, 2.24) is 10.2 Å². The molecule has 27 heavy (non-hydrogen) atoms. The van der Waals surface area contributed by atoms with E-state index in [0.717, 1.165) is 38.3 Å². The van der Waals surface area contributed by atoms with Gasteiger partial charge in [0.15, 0.2) is 0 Å². The first-order valence-corrected chi connectivity index (χ1v) is 9.80. The number of hydrogen-bond acceptors (Lipinski definition) is 4. The van der Waals surface area contributed by atoms with Crippen LogP contribution in [0.25, 0.3) is 0 Å². The van der Waals surface area contributed by atoms with Crippen molar-refractivity contribution in [3.63, 3.8) is 0 Å². The molecule has 1 aromatic carbocycles. The van der Waals surface area contributed by atoms with Crippen molar-refractivity contribution < 1.29 is 14.3 Å². The Labute approximate surface area is 161 Å². The molecule has 1 aromatic rings. The van der Waals surface area contributed by atoms with E-state index in [1.54, 1.807) is 4.90 Å². The Morgan fingerprint density at radius 3 is 2.93 bits per heavy atom. The smallest absolute Gasteiger partial charge is 0.319 e. The molecule has 3 amide bonds. The number of nitrogens with zero attached hydrogens (tertiary/aromatic N) is 2. The number of hydrogen-bond donors (Lipinski definition) is 2. The van der Waals surface area contributed by atoms with Gasteiger partial charge in [0, 0.05) is 50.5 Å². The average molecular weight is 374 g/mol. The number of rotatable bonds is 6. The van der Waals surface area contributed by atoms with Gasteiger partial charge in [0.2, 0.25) is 5.91 Å². The Morgan fingerprint density at radius 2 is 2.19 bits per heavy atom. The standard InChI is InChI=1S/C20H30N4O3/c1-15(2)13-23-9-10-27-18(14-23)12-21-20(26)22-16-5-3-6-17(11-16)24-8-4-7-19(24)25/h3,5-6,11,15,18H,4,7-10,12-14H2,1-2H3,(H2,21,22,26). The molecule has 2 saturated heterocycles. The molecule has 0 radical (unpaired) electrons. The van der Waals surface area contributed by atoms with Crippen LogP contribution < -0.4 is 15.5 Å². The van der Waals surface area contributed by atoms with Gasteiger partial charge in [-0.1, -0.05) is 19.9 Å². The number of nitrogens with one attached hydrogen (secondary N) is 2. The highest BCUT2D eigenvalue weighted by Gasteiger charge is 2.23. The van der Waals surface area contributed by atoms with Crippen LogP contribution in [-0.4, -0.2) is 62.3 Å². The highest BCUT2D eigenvalue weighted by atomic mass is 16.5. The molecule has 2 fully saturated rings. The molecule has 7 nitrogen and oxygen atoms in total. The van der Waals surface area contributed by atoms with Crippen LogP contribution in [-0.2, 0) is 9.53 Å². The second-order valence-electron chi connectivity index (χ2n) is 7.68. The molecule has 3 rings (SSSR count).